The van der Waals surface area contributed by atoms with Crippen LogP contribution in [-0.4, -0.2) is 93.7 Å². The van der Waals surface area contributed by atoms with E-state index in [1.54, 1.807) is 0 Å². The number of amides is 2. The van der Waals surface area contributed by atoms with Crippen LogP contribution in [0.2, 0.25) is 48.4 Å². The van der Waals surface area contributed by atoms with Crippen molar-refractivity contribution in [3.05, 3.63) is 12.2 Å². The lowest BCUT2D eigenvalue weighted by Gasteiger charge is -2.64. The first-order valence-corrected chi connectivity index (χ1v) is 39.7. The van der Waals surface area contributed by atoms with E-state index in [0.29, 0.717) is 48.7 Å². The van der Waals surface area contributed by atoms with Gasteiger partial charge in [0.05, 0.1) is 11.8 Å². The lowest BCUT2D eigenvalue weighted by Crippen LogP contribution is -2.88. The largest absolute Gasteiger partial charge is 0.479 e. The molecule has 7 heterocycles. The smallest absolute Gasteiger partial charge is 0.373 e. The van der Waals surface area contributed by atoms with Gasteiger partial charge in [0.15, 0.2) is 0 Å². The van der Waals surface area contributed by atoms with E-state index >= 15 is 0 Å². The maximum atomic E-state index is 14.0. The predicted molar refractivity (Wildman–Crippen MR) is 250 cm³/mol. The van der Waals surface area contributed by atoms with Crippen LogP contribution < -0.4 is 0 Å². The van der Waals surface area contributed by atoms with Crippen LogP contribution in [0.25, 0.3) is 0 Å². The molecule has 4 unspecified atom stereocenters. The standard InChI is InChI=1S/C40H77NO14Si8/c1-28(2)21-57-44-56(19-15-18-41-39(42)37-35-16-17-36(20-35)38(37)40(41)43)45-58(22-29(3)4)49-60(47-57,24-31(7)8)53-63(27-34(13)14)54-61(48-57,25-32(9)10)50-59(46-56,23-30(5)6)52-62(51-58,55-63)26-33(11)12/h16-17,28-38H,15,18-27H2,1-14H3. The van der Waals surface area contributed by atoms with E-state index in [9.17, 15) is 9.59 Å². The molecule has 0 radical (unpaired) electrons. The third kappa shape index (κ3) is 9.84. The summed E-state index contributed by atoms with van der Waals surface area (Å²) < 4.78 is 94.0. The van der Waals surface area contributed by atoms with E-state index in [1.165, 1.54) is 4.90 Å². The molecular weight excluding hydrogens is 943 g/mol. The number of rotatable bonds is 18. The summed E-state index contributed by atoms with van der Waals surface area (Å²) in [6.07, 6.45) is 5.50. The van der Waals surface area contributed by atoms with Crippen molar-refractivity contribution in [1.29, 1.82) is 0 Å². The minimum absolute atomic E-state index is 0.0463. The Balaban J connectivity index is 1.35. The molecule has 9 rings (SSSR count). The van der Waals surface area contributed by atoms with Crippen molar-refractivity contribution in [2.24, 2.45) is 65.1 Å². The number of carbonyl (C=O) groups excluding carboxylic acids is 2. The van der Waals surface area contributed by atoms with Crippen molar-refractivity contribution in [3.63, 3.8) is 0 Å². The van der Waals surface area contributed by atoms with E-state index in [0.717, 1.165) is 6.42 Å². The number of imide groups is 1. The number of likely N-dealkylation sites (tertiary alicyclic amines) is 1. The summed E-state index contributed by atoms with van der Waals surface area (Å²) in [5.41, 5.74) is 0. The molecule has 0 spiro atoms. The number of hydrogen-bond acceptors (Lipinski definition) is 14. The monoisotopic (exact) mass is 1020 g/mol. The highest BCUT2D eigenvalue weighted by atomic mass is 28.6. The van der Waals surface area contributed by atoms with E-state index < -0.39 is 70.4 Å². The van der Waals surface area contributed by atoms with E-state index in [-0.39, 0.29) is 89.5 Å². The van der Waals surface area contributed by atoms with Crippen LogP contribution in [0.1, 0.15) is 110 Å². The Morgan fingerprint density at radius 1 is 0.413 bits per heavy atom. The van der Waals surface area contributed by atoms with Gasteiger partial charge in [-0.2, -0.15) is 0 Å². The predicted octanol–water partition coefficient (Wildman–Crippen LogP) is 8.55. The van der Waals surface area contributed by atoms with Crippen LogP contribution in [-0.2, 0) is 59.0 Å². The van der Waals surface area contributed by atoms with Crippen molar-refractivity contribution in [3.8, 4) is 0 Å². The average molecular weight is 1020 g/mol. The maximum Gasteiger partial charge on any atom is 0.479 e. The van der Waals surface area contributed by atoms with Gasteiger partial charge in [-0.1, -0.05) is 109 Å². The Bertz CT molecular complexity index is 1590. The number of fused-ring (bicyclic) bond motifs is 5. The van der Waals surface area contributed by atoms with Gasteiger partial charge in [-0.15, -0.1) is 0 Å². The zero-order valence-electron chi connectivity index (χ0n) is 40.4. The van der Waals surface area contributed by atoms with Crippen LogP contribution in [0.3, 0.4) is 0 Å². The third-order valence-electron chi connectivity index (χ3n) is 12.8. The highest BCUT2D eigenvalue weighted by molar-refractivity contribution is 7.03. The van der Waals surface area contributed by atoms with Crippen LogP contribution in [0.5, 0.6) is 0 Å². The van der Waals surface area contributed by atoms with E-state index in [1.807, 2.05) is 0 Å². The third-order valence-corrected chi connectivity index (χ3v) is 52.8. The van der Waals surface area contributed by atoms with Crippen LogP contribution in [0.4, 0.5) is 0 Å². The molecule has 0 aromatic rings. The molecule has 0 N–H and O–H groups in total. The fourth-order valence-electron chi connectivity index (χ4n) is 11.5. The topological polar surface area (TPSA) is 148 Å². The first kappa shape index (κ1) is 49.6. The molecule has 2 amide bonds. The summed E-state index contributed by atoms with van der Waals surface area (Å²) in [7, 11) is -32.4. The fraction of sp³-hybridized carbons (Fsp3) is 0.900. The van der Waals surface area contributed by atoms with Crippen molar-refractivity contribution in [2.45, 2.75) is 158 Å². The molecule has 0 aromatic carbocycles. The molecule has 1 saturated carbocycles. The summed E-state index contributed by atoms with van der Waals surface area (Å²) in [6, 6.07) is 3.20. The van der Waals surface area contributed by atoms with Gasteiger partial charge in [0, 0.05) is 54.9 Å². The van der Waals surface area contributed by atoms with Crippen LogP contribution in [0, 0.1) is 65.1 Å². The molecule has 10 bridgehead atoms. The molecule has 7 aliphatic heterocycles. The summed E-state index contributed by atoms with van der Waals surface area (Å²) in [6.45, 7) is 30.2. The van der Waals surface area contributed by atoms with Gasteiger partial charge in [-0.05, 0) is 66.1 Å². The van der Waals surface area contributed by atoms with Gasteiger partial charge < -0.3 is 49.4 Å². The normalized spacial score (nSPS) is 44.0. The average Bonchev–Trinajstić information content (AvgIpc) is 3.72. The summed E-state index contributed by atoms with van der Waals surface area (Å²) >= 11 is 0. The molecule has 7 saturated heterocycles. The molecule has 358 valence electrons. The minimum atomic E-state index is -4.21. The lowest BCUT2D eigenvalue weighted by atomic mass is 9.85. The van der Waals surface area contributed by atoms with Crippen LogP contribution >= 0.6 is 0 Å². The fourth-order valence-corrected chi connectivity index (χ4v) is 63.1. The quantitative estimate of drug-likeness (QED) is 0.0734. The number of allylic oxidation sites excluding steroid dienone is 2. The molecule has 0 aromatic heterocycles. The van der Waals surface area contributed by atoms with Crippen molar-refractivity contribution < 1.29 is 59.0 Å². The van der Waals surface area contributed by atoms with Gasteiger partial charge >= 0.3 is 70.4 Å². The minimum Gasteiger partial charge on any atom is -0.373 e. The molecule has 23 heteroatoms. The maximum absolute atomic E-state index is 14.0. The molecule has 15 nitrogen and oxygen atoms in total. The van der Waals surface area contributed by atoms with E-state index in [2.05, 4.69) is 109 Å². The first-order valence-electron chi connectivity index (χ1n) is 24.2. The van der Waals surface area contributed by atoms with Gasteiger partial charge in [0.1, 0.15) is 0 Å². The molecule has 9 aliphatic rings. The highest BCUT2D eigenvalue weighted by Crippen LogP contribution is 2.57. The Hall–Kier alpha value is 0.135. The molecule has 4 atom stereocenters. The summed E-state index contributed by atoms with van der Waals surface area (Å²) in [5.74, 6) is -0.0283. The highest BCUT2D eigenvalue weighted by Gasteiger charge is 2.83. The number of nitrogens with zero attached hydrogens (tertiary/aromatic N) is 1. The Morgan fingerprint density at radius 3 is 0.857 bits per heavy atom. The zero-order chi connectivity index (χ0) is 45.8. The van der Waals surface area contributed by atoms with Crippen LogP contribution in [0.15, 0.2) is 12.2 Å². The van der Waals surface area contributed by atoms with Crippen molar-refractivity contribution in [2.75, 3.05) is 6.54 Å². The SMILES string of the molecule is CC(C)C[Si]12O[Si]3(CCCN4C(=O)C5C6C=CC(C6)C5C4=O)O[Si]4(CC(C)C)O[Si](CC(C)C)(O1)O[Si]1(CC(C)C)O[Si](CC(C)C)(O2)O[Si](CC(C)C)(O3)O[Si](CC(C)C)(O4)O1. The van der Waals surface area contributed by atoms with Gasteiger partial charge in [0.25, 0.3) is 0 Å². The summed E-state index contributed by atoms with van der Waals surface area (Å²) in [5, 5.41) is 0. The second-order valence-corrected chi connectivity index (χ2v) is 46.9. The molecule has 63 heavy (non-hydrogen) atoms. The van der Waals surface area contributed by atoms with Gasteiger partial charge in [0.2, 0.25) is 11.8 Å². The van der Waals surface area contributed by atoms with Gasteiger partial charge in [-0.3, -0.25) is 14.5 Å². The second kappa shape index (κ2) is 17.5. The Kier molecular flexibility index (Phi) is 13.8. The Labute approximate surface area is 386 Å². The number of hydrogen-bond donors (Lipinski definition) is 0. The summed E-state index contributed by atoms with van der Waals surface area (Å²) in [4.78, 5) is 29.6. The number of carbonyl (C=O) groups is 2. The molecular formula is C40H77NO14Si8. The van der Waals surface area contributed by atoms with Crippen molar-refractivity contribution in [1.82, 2.24) is 4.90 Å². The second-order valence-electron chi connectivity index (χ2n) is 22.8. The van der Waals surface area contributed by atoms with E-state index in [4.69, 9.17) is 49.4 Å². The Morgan fingerprint density at radius 2 is 0.635 bits per heavy atom. The molecule has 8 fully saturated rings. The first-order chi connectivity index (χ1) is 29.3. The van der Waals surface area contributed by atoms with Gasteiger partial charge in [-0.25, -0.2) is 0 Å². The zero-order valence-corrected chi connectivity index (χ0v) is 48.4. The lowest BCUT2D eigenvalue weighted by molar-refractivity contribution is -0.140. The van der Waals surface area contributed by atoms with Crippen molar-refractivity contribution >= 4 is 82.2 Å². The molecule has 2 aliphatic carbocycles.